The maximum absolute atomic E-state index is 11.3. The Hall–Kier alpha value is -1.69. The van der Waals surface area contributed by atoms with Crippen LogP contribution < -0.4 is 0 Å². The van der Waals surface area contributed by atoms with Gasteiger partial charge in [0.25, 0.3) is 11.8 Å². The highest BCUT2D eigenvalue weighted by Gasteiger charge is 2.23. The summed E-state index contributed by atoms with van der Waals surface area (Å²) < 4.78 is 4.94. The Morgan fingerprint density at radius 1 is 1.14 bits per heavy atom. The highest BCUT2D eigenvalue weighted by molar-refractivity contribution is 6.12. The molecule has 2 amide bonds. The standard InChI is InChI=1S/C15H23NO5/c1-21-11-5-3-7-12(15(19)20)6-2-4-10-16-13(17)8-9-14(16)18/h8-9,12H,2-7,10-11H2,1H3,(H,19,20). The number of hydrogen-bond acceptors (Lipinski definition) is 4. The first-order valence-electron chi connectivity index (χ1n) is 7.31. The number of hydrogen-bond donors (Lipinski definition) is 1. The first-order chi connectivity index (χ1) is 10.1. The molecule has 1 heterocycles. The Morgan fingerprint density at radius 2 is 1.71 bits per heavy atom. The molecule has 0 bridgehead atoms. The monoisotopic (exact) mass is 297 g/mol. The van der Waals surface area contributed by atoms with E-state index in [9.17, 15) is 14.4 Å². The van der Waals surface area contributed by atoms with Crippen LogP contribution in [0.2, 0.25) is 0 Å². The third-order valence-electron chi connectivity index (χ3n) is 3.59. The van der Waals surface area contributed by atoms with E-state index in [0.29, 0.717) is 38.8 Å². The van der Waals surface area contributed by atoms with Crippen LogP contribution in [-0.4, -0.2) is 48.1 Å². The minimum absolute atomic E-state index is 0.283. The molecule has 0 aromatic heterocycles. The minimum atomic E-state index is -0.776. The van der Waals surface area contributed by atoms with Crippen LogP contribution in [0, 0.1) is 5.92 Å². The summed E-state index contributed by atoms with van der Waals surface area (Å²) in [5.41, 5.74) is 0. The van der Waals surface area contributed by atoms with Gasteiger partial charge < -0.3 is 9.84 Å². The molecule has 1 atom stereocenters. The molecule has 0 spiro atoms. The van der Waals surface area contributed by atoms with E-state index in [1.54, 1.807) is 7.11 Å². The molecular weight excluding hydrogens is 274 g/mol. The molecule has 118 valence electrons. The number of carboxylic acids is 1. The number of methoxy groups -OCH3 is 1. The lowest BCUT2D eigenvalue weighted by Gasteiger charge is -2.15. The van der Waals surface area contributed by atoms with Crippen molar-refractivity contribution in [3.05, 3.63) is 12.2 Å². The predicted molar refractivity (Wildman–Crippen MR) is 76.6 cm³/mol. The minimum Gasteiger partial charge on any atom is -0.481 e. The van der Waals surface area contributed by atoms with Crippen LogP contribution in [0.5, 0.6) is 0 Å². The van der Waals surface area contributed by atoms with E-state index in [0.717, 1.165) is 12.8 Å². The Kier molecular flexibility index (Phi) is 7.68. The molecule has 1 N–H and O–H groups in total. The quantitative estimate of drug-likeness (QED) is 0.462. The zero-order valence-electron chi connectivity index (χ0n) is 12.4. The van der Waals surface area contributed by atoms with Gasteiger partial charge in [-0.1, -0.05) is 12.8 Å². The van der Waals surface area contributed by atoms with Crippen LogP contribution in [0.3, 0.4) is 0 Å². The van der Waals surface area contributed by atoms with Crippen molar-refractivity contribution < 1.29 is 24.2 Å². The highest BCUT2D eigenvalue weighted by atomic mass is 16.5. The van der Waals surface area contributed by atoms with E-state index in [1.807, 2.05) is 0 Å². The maximum atomic E-state index is 11.3. The third kappa shape index (κ3) is 6.08. The average Bonchev–Trinajstić information content (AvgIpc) is 2.76. The van der Waals surface area contributed by atoms with Crippen molar-refractivity contribution in [1.29, 1.82) is 0 Å². The average molecular weight is 297 g/mol. The summed E-state index contributed by atoms with van der Waals surface area (Å²) in [6.07, 6.45) is 6.77. The molecule has 0 saturated carbocycles. The summed E-state index contributed by atoms with van der Waals surface area (Å²) in [5.74, 6) is -1.70. The van der Waals surface area contributed by atoms with E-state index in [1.165, 1.54) is 17.1 Å². The molecule has 1 aliphatic rings. The van der Waals surface area contributed by atoms with E-state index in [2.05, 4.69) is 0 Å². The third-order valence-corrected chi connectivity index (χ3v) is 3.59. The molecule has 0 aromatic rings. The summed E-state index contributed by atoms with van der Waals surface area (Å²) in [7, 11) is 1.63. The first-order valence-corrected chi connectivity index (χ1v) is 7.31. The molecule has 0 saturated heterocycles. The van der Waals surface area contributed by atoms with E-state index in [-0.39, 0.29) is 17.7 Å². The number of carbonyl (C=O) groups is 3. The Bertz CT molecular complexity index is 387. The summed E-state index contributed by atoms with van der Waals surface area (Å²) >= 11 is 0. The van der Waals surface area contributed by atoms with Crippen molar-refractivity contribution in [3.63, 3.8) is 0 Å². The van der Waals surface area contributed by atoms with Crippen LogP contribution in [0.4, 0.5) is 0 Å². The topological polar surface area (TPSA) is 83.9 Å². The van der Waals surface area contributed by atoms with Gasteiger partial charge in [0.05, 0.1) is 5.92 Å². The lowest BCUT2D eigenvalue weighted by Crippen LogP contribution is -2.31. The fraction of sp³-hybridized carbons (Fsp3) is 0.667. The summed E-state index contributed by atoms with van der Waals surface area (Å²) in [4.78, 5) is 35.0. The van der Waals surface area contributed by atoms with Crippen molar-refractivity contribution >= 4 is 17.8 Å². The van der Waals surface area contributed by atoms with Gasteiger partial charge in [-0.25, -0.2) is 0 Å². The van der Waals surface area contributed by atoms with Gasteiger partial charge in [0.2, 0.25) is 0 Å². The van der Waals surface area contributed by atoms with Crippen molar-refractivity contribution in [2.45, 2.75) is 38.5 Å². The van der Waals surface area contributed by atoms with Gasteiger partial charge >= 0.3 is 5.97 Å². The van der Waals surface area contributed by atoms with Crippen LogP contribution in [0.15, 0.2) is 12.2 Å². The largest absolute Gasteiger partial charge is 0.481 e. The second kappa shape index (κ2) is 9.28. The number of amides is 2. The normalized spacial score (nSPS) is 15.8. The summed E-state index contributed by atoms with van der Waals surface area (Å²) in [6, 6.07) is 0. The molecule has 6 nitrogen and oxygen atoms in total. The number of rotatable bonds is 11. The van der Waals surface area contributed by atoms with Crippen LogP contribution in [0.25, 0.3) is 0 Å². The molecule has 1 rings (SSSR count). The second-order valence-electron chi connectivity index (χ2n) is 5.18. The van der Waals surface area contributed by atoms with Gasteiger partial charge in [-0.05, 0) is 25.7 Å². The van der Waals surface area contributed by atoms with Gasteiger partial charge in [0.15, 0.2) is 0 Å². The van der Waals surface area contributed by atoms with Crippen LogP contribution >= 0.6 is 0 Å². The van der Waals surface area contributed by atoms with Crippen molar-refractivity contribution in [2.24, 2.45) is 5.92 Å². The smallest absolute Gasteiger partial charge is 0.306 e. The maximum Gasteiger partial charge on any atom is 0.306 e. The van der Waals surface area contributed by atoms with Crippen molar-refractivity contribution in [2.75, 3.05) is 20.3 Å². The summed E-state index contributed by atoms with van der Waals surface area (Å²) in [5, 5.41) is 9.16. The second-order valence-corrected chi connectivity index (χ2v) is 5.18. The molecule has 0 fully saturated rings. The van der Waals surface area contributed by atoms with Gasteiger partial charge in [-0.15, -0.1) is 0 Å². The lowest BCUT2D eigenvalue weighted by molar-refractivity contribution is -0.142. The van der Waals surface area contributed by atoms with E-state index < -0.39 is 5.97 Å². The van der Waals surface area contributed by atoms with Gasteiger partial charge in [-0.2, -0.15) is 0 Å². The molecule has 21 heavy (non-hydrogen) atoms. The van der Waals surface area contributed by atoms with Gasteiger partial charge in [0, 0.05) is 32.4 Å². The number of nitrogens with zero attached hydrogens (tertiary/aromatic N) is 1. The number of ether oxygens (including phenoxy) is 1. The van der Waals surface area contributed by atoms with Crippen molar-refractivity contribution in [3.8, 4) is 0 Å². The fourth-order valence-electron chi connectivity index (χ4n) is 2.34. The molecule has 0 aliphatic carbocycles. The number of unbranched alkanes of at least 4 members (excludes halogenated alkanes) is 2. The molecule has 0 aromatic carbocycles. The molecule has 0 radical (unpaired) electrons. The predicted octanol–water partition coefficient (Wildman–Crippen LogP) is 1.60. The number of aliphatic carboxylic acids is 1. The van der Waals surface area contributed by atoms with Gasteiger partial charge in [-0.3, -0.25) is 19.3 Å². The first kappa shape index (κ1) is 17.4. The van der Waals surface area contributed by atoms with Crippen LogP contribution in [-0.2, 0) is 19.1 Å². The number of carboxylic acid groups (broad SMARTS) is 1. The number of imide groups is 1. The molecule has 1 unspecified atom stereocenters. The Morgan fingerprint density at radius 3 is 2.24 bits per heavy atom. The van der Waals surface area contributed by atoms with Crippen molar-refractivity contribution in [1.82, 2.24) is 4.90 Å². The fourth-order valence-corrected chi connectivity index (χ4v) is 2.34. The SMILES string of the molecule is COCCCCC(CCCCN1C(=O)C=CC1=O)C(=O)O. The Labute approximate surface area is 124 Å². The van der Waals surface area contributed by atoms with E-state index in [4.69, 9.17) is 9.84 Å². The zero-order chi connectivity index (χ0) is 15.7. The Balaban J connectivity index is 2.20. The summed E-state index contributed by atoms with van der Waals surface area (Å²) in [6.45, 7) is 1.01. The molecular formula is C15H23NO5. The lowest BCUT2D eigenvalue weighted by atomic mass is 9.96. The number of carbonyl (C=O) groups excluding carboxylic acids is 2. The van der Waals surface area contributed by atoms with Crippen LogP contribution in [0.1, 0.15) is 38.5 Å². The van der Waals surface area contributed by atoms with Gasteiger partial charge in [0.1, 0.15) is 0 Å². The highest BCUT2D eigenvalue weighted by Crippen LogP contribution is 2.17. The van der Waals surface area contributed by atoms with E-state index >= 15 is 0 Å². The molecule has 6 heteroatoms. The molecule has 1 aliphatic heterocycles. The zero-order valence-corrected chi connectivity index (χ0v) is 12.4.